The van der Waals surface area contributed by atoms with Crippen molar-refractivity contribution >= 4 is 32.3 Å². The second-order valence-electron chi connectivity index (χ2n) is 5.78. The summed E-state index contributed by atoms with van der Waals surface area (Å²) in [4.78, 5) is 12.4. The molecule has 0 N–H and O–H groups in total. The molecule has 1 aromatic carbocycles. The summed E-state index contributed by atoms with van der Waals surface area (Å²) in [5.41, 5.74) is -0.186. The predicted molar refractivity (Wildman–Crippen MR) is 80.2 cm³/mol. The molecule has 8 heteroatoms. The Morgan fingerprint density at radius 2 is 2.10 bits per heavy atom. The Morgan fingerprint density at radius 3 is 2.71 bits per heavy atom. The Balaban J connectivity index is 1.99. The molecule has 0 saturated heterocycles. The van der Waals surface area contributed by atoms with Gasteiger partial charge in [0.25, 0.3) is 5.56 Å². The molecule has 1 fully saturated rings. The Labute approximate surface area is 126 Å². The van der Waals surface area contributed by atoms with Crippen LogP contribution in [0.25, 0.3) is 10.9 Å². The molecule has 112 valence electrons. The largest absolute Gasteiger partial charge is 0.277 e. The predicted octanol–water partition coefficient (Wildman–Crippen LogP) is 1.27. The van der Waals surface area contributed by atoms with Crippen LogP contribution in [0, 0.1) is 5.41 Å². The van der Waals surface area contributed by atoms with Crippen molar-refractivity contribution in [3.05, 3.63) is 33.6 Å². The lowest BCUT2D eigenvalue weighted by atomic mass is 10.1. The maximum atomic E-state index is 12.4. The van der Waals surface area contributed by atoms with Gasteiger partial charge in [0.1, 0.15) is 15.4 Å². The van der Waals surface area contributed by atoms with Crippen molar-refractivity contribution < 1.29 is 8.42 Å². The molecule has 3 rings (SSSR count). The van der Waals surface area contributed by atoms with Crippen LogP contribution in [0.15, 0.2) is 23.0 Å². The number of sulfone groups is 1. The molecular formula is C13H14ClN3O3S. The smallest absolute Gasteiger partial charge is 0.267 e. The van der Waals surface area contributed by atoms with E-state index in [1.165, 1.54) is 10.9 Å². The van der Waals surface area contributed by atoms with Crippen molar-refractivity contribution in [3.8, 4) is 0 Å². The quantitative estimate of drug-likeness (QED) is 0.844. The lowest BCUT2D eigenvalue weighted by Crippen LogP contribution is -2.31. The fraction of sp³-hybridized carbons (Fsp3) is 0.462. The summed E-state index contributed by atoms with van der Waals surface area (Å²) in [6, 6.07) is 4.84. The highest BCUT2D eigenvalue weighted by Crippen LogP contribution is 2.47. The molecule has 6 nitrogen and oxygen atoms in total. The average Bonchev–Trinajstić information content (AvgIpc) is 3.11. The van der Waals surface area contributed by atoms with E-state index in [1.807, 2.05) is 0 Å². The van der Waals surface area contributed by atoms with Crippen LogP contribution in [0.1, 0.15) is 12.8 Å². The van der Waals surface area contributed by atoms with Gasteiger partial charge in [-0.2, -0.15) is 0 Å². The number of rotatable bonds is 4. The van der Waals surface area contributed by atoms with Gasteiger partial charge in [0, 0.05) is 16.7 Å². The number of aromatic nitrogens is 3. The third kappa shape index (κ3) is 3.08. The van der Waals surface area contributed by atoms with Crippen LogP contribution in [0.3, 0.4) is 0 Å². The van der Waals surface area contributed by atoms with Crippen LogP contribution in [-0.4, -0.2) is 35.4 Å². The SMILES string of the molecule is CS(=O)(=O)CC1(Cn2nnc3ccc(Cl)cc3c2=O)CC1. The van der Waals surface area contributed by atoms with Gasteiger partial charge >= 0.3 is 0 Å². The molecule has 1 aliphatic rings. The van der Waals surface area contributed by atoms with Crippen molar-refractivity contribution in [2.75, 3.05) is 12.0 Å². The monoisotopic (exact) mass is 327 g/mol. The molecule has 2 aromatic rings. The van der Waals surface area contributed by atoms with E-state index in [9.17, 15) is 13.2 Å². The molecule has 1 aromatic heterocycles. The number of nitrogens with zero attached hydrogens (tertiary/aromatic N) is 3. The molecule has 0 unspecified atom stereocenters. The van der Waals surface area contributed by atoms with Crippen LogP contribution < -0.4 is 5.56 Å². The number of hydrogen-bond donors (Lipinski definition) is 0. The molecule has 0 radical (unpaired) electrons. The Bertz CT molecular complexity index is 872. The normalized spacial score (nSPS) is 17.0. The van der Waals surface area contributed by atoms with Crippen LogP contribution in [-0.2, 0) is 16.4 Å². The van der Waals surface area contributed by atoms with Crippen molar-refractivity contribution in [1.29, 1.82) is 0 Å². The minimum absolute atomic E-state index is 0.0711. The van der Waals surface area contributed by atoms with Crippen LogP contribution in [0.5, 0.6) is 0 Å². The number of benzene rings is 1. The molecule has 0 bridgehead atoms. The van der Waals surface area contributed by atoms with E-state index in [1.54, 1.807) is 18.2 Å². The van der Waals surface area contributed by atoms with Gasteiger partial charge in [-0.1, -0.05) is 16.8 Å². The van der Waals surface area contributed by atoms with Crippen LogP contribution in [0.2, 0.25) is 5.02 Å². The van der Waals surface area contributed by atoms with Crippen molar-refractivity contribution in [2.45, 2.75) is 19.4 Å². The van der Waals surface area contributed by atoms with E-state index in [0.717, 1.165) is 12.8 Å². The first kappa shape index (κ1) is 14.5. The van der Waals surface area contributed by atoms with E-state index in [0.29, 0.717) is 15.9 Å². The summed E-state index contributed by atoms with van der Waals surface area (Å²) in [5, 5.41) is 8.75. The van der Waals surface area contributed by atoms with Gasteiger partial charge in [-0.25, -0.2) is 13.1 Å². The van der Waals surface area contributed by atoms with Crippen molar-refractivity contribution in [1.82, 2.24) is 15.0 Å². The third-order valence-electron chi connectivity index (χ3n) is 3.69. The minimum atomic E-state index is -3.09. The molecule has 0 spiro atoms. The van der Waals surface area contributed by atoms with Crippen molar-refractivity contribution in [2.24, 2.45) is 5.41 Å². The van der Waals surface area contributed by atoms with Gasteiger partial charge < -0.3 is 0 Å². The highest BCUT2D eigenvalue weighted by atomic mass is 35.5. The molecule has 0 amide bonds. The van der Waals surface area contributed by atoms with Crippen LogP contribution >= 0.6 is 11.6 Å². The fourth-order valence-electron chi connectivity index (χ4n) is 2.55. The van der Waals surface area contributed by atoms with Gasteiger partial charge in [0.2, 0.25) is 0 Å². The second kappa shape index (κ2) is 4.78. The molecule has 0 atom stereocenters. The first-order valence-corrected chi connectivity index (χ1v) is 8.93. The lowest BCUT2D eigenvalue weighted by molar-refractivity contribution is 0.406. The summed E-state index contributed by atoms with van der Waals surface area (Å²) in [6.45, 7) is 0.272. The zero-order chi connectivity index (χ0) is 15.3. The number of hydrogen-bond acceptors (Lipinski definition) is 5. The van der Waals surface area contributed by atoms with Gasteiger partial charge in [-0.05, 0) is 31.0 Å². The molecule has 1 heterocycles. The first-order chi connectivity index (χ1) is 9.78. The van der Waals surface area contributed by atoms with E-state index >= 15 is 0 Å². The highest BCUT2D eigenvalue weighted by molar-refractivity contribution is 7.90. The van der Waals surface area contributed by atoms with Gasteiger partial charge in [-0.15, -0.1) is 5.10 Å². The zero-order valence-corrected chi connectivity index (χ0v) is 13.0. The van der Waals surface area contributed by atoms with E-state index < -0.39 is 9.84 Å². The third-order valence-corrected chi connectivity index (χ3v) is 5.07. The summed E-state index contributed by atoms with van der Waals surface area (Å²) in [6.07, 6.45) is 2.77. The topological polar surface area (TPSA) is 81.9 Å². The van der Waals surface area contributed by atoms with Crippen molar-refractivity contribution in [3.63, 3.8) is 0 Å². The van der Waals surface area contributed by atoms with Gasteiger partial charge in [0.15, 0.2) is 0 Å². The number of halogens is 1. The second-order valence-corrected chi connectivity index (χ2v) is 8.36. The summed E-state index contributed by atoms with van der Waals surface area (Å²) >= 11 is 5.90. The zero-order valence-electron chi connectivity index (χ0n) is 11.4. The number of fused-ring (bicyclic) bond motifs is 1. The molecule has 0 aliphatic heterocycles. The van der Waals surface area contributed by atoms with Gasteiger partial charge in [-0.3, -0.25) is 4.79 Å². The average molecular weight is 328 g/mol. The Morgan fingerprint density at radius 1 is 1.38 bits per heavy atom. The summed E-state index contributed by atoms with van der Waals surface area (Å²) < 4.78 is 24.2. The van der Waals surface area contributed by atoms with E-state index in [2.05, 4.69) is 10.3 Å². The Hall–Kier alpha value is -1.47. The molecule has 21 heavy (non-hydrogen) atoms. The van der Waals surface area contributed by atoms with Crippen LogP contribution in [0.4, 0.5) is 0 Å². The lowest BCUT2D eigenvalue weighted by Gasteiger charge is -2.14. The maximum absolute atomic E-state index is 12.4. The van der Waals surface area contributed by atoms with Gasteiger partial charge in [0.05, 0.1) is 17.7 Å². The van der Waals surface area contributed by atoms with E-state index in [4.69, 9.17) is 11.6 Å². The minimum Gasteiger partial charge on any atom is -0.267 e. The molecule has 1 saturated carbocycles. The Kier molecular flexibility index (Phi) is 3.29. The maximum Gasteiger partial charge on any atom is 0.277 e. The first-order valence-electron chi connectivity index (χ1n) is 6.49. The highest BCUT2D eigenvalue weighted by Gasteiger charge is 2.46. The molecular weight excluding hydrogens is 314 g/mol. The summed E-state index contributed by atoms with van der Waals surface area (Å²) in [7, 11) is -3.09. The summed E-state index contributed by atoms with van der Waals surface area (Å²) in [5.74, 6) is 0.0711. The molecule has 1 aliphatic carbocycles. The standard InChI is InChI=1S/C13H14ClN3O3S/c1-21(19,20)8-13(4-5-13)7-17-12(18)10-6-9(14)2-3-11(10)15-16-17/h2-3,6H,4-5,7-8H2,1H3. The van der Waals surface area contributed by atoms with E-state index in [-0.39, 0.29) is 23.3 Å². The fourth-order valence-corrected chi connectivity index (χ4v) is 4.22.